The lowest BCUT2D eigenvalue weighted by molar-refractivity contribution is 0.103. The number of rotatable bonds is 7. The smallest absolute Gasteiger partial charge is 0.267 e. The van der Waals surface area contributed by atoms with E-state index in [9.17, 15) is 4.79 Å². The number of nitrogens with zero attached hydrogens (tertiary/aromatic N) is 3. The number of hydrogen-bond donors (Lipinski definition) is 1. The van der Waals surface area contributed by atoms with Crippen LogP contribution in [0.3, 0.4) is 0 Å². The molecule has 0 aliphatic carbocycles. The van der Waals surface area contributed by atoms with E-state index in [1.165, 1.54) is 24.2 Å². The molecule has 3 aromatic rings. The normalized spacial score (nSPS) is 14.2. The van der Waals surface area contributed by atoms with E-state index in [1.54, 1.807) is 5.51 Å². The maximum absolute atomic E-state index is 12.6. The van der Waals surface area contributed by atoms with Crippen LogP contribution in [0.4, 0.5) is 5.69 Å². The molecule has 0 spiro atoms. The van der Waals surface area contributed by atoms with Gasteiger partial charge in [0.15, 0.2) is 0 Å². The van der Waals surface area contributed by atoms with Crippen LogP contribution in [0, 0.1) is 20.8 Å². The van der Waals surface area contributed by atoms with Crippen LogP contribution in [-0.2, 0) is 0 Å². The molecule has 7 nitrogen and oxygen atoms in total. The van der Waals surface area contributed by atoms with Gasteiger partial charge in [-0.2, -0.15) is 0 Å². The minimum absolute atomic E-state index is 0.164. The molecular weight excluding hydrogens is 400 g/mol. The SMILES string of the molecule is Cc1ncsc1C(=O)Nc1ccc(OCCN2CCCC2)c(-c2c(C)noc2C)c1. The molecule has 0 atom stereocenters. The lowest BCUT2D eigenvalue weighted by atomic mass is 10.0. The number of aromatic nitrogens is 2. The second-order valence-corrected chi connectivity index (χ2v) is 8.38. The molecule has 1 aliphatic rings. The fourth-order valence-corrected chi connectivity index (χ4v) is 4.49. The summed E-state index contributed by atoms with van der Waals surface area (Å²) in [7, 11) is 0. The number of thiazole rings is 1. The van der Waals surface area contributed by atoms with Crippen molar-refractivity contribution >= 4 is 22.9 Å². The molecule has 0 saturated carbocycles. The molecule has 1 aliphatic heterocycles. The van der Waals surface area contributed by atoms with E-state index in [4.69, 9.17) is 9.26 Å². The molecule has 0 radical (unpaired) electrons. The number of ether oxygens (including phenoxy) is 1. The highest BCUT2D eigenvalue weighted by Gasteiger charge is 2.19. The van der Waals surface area contributed by atoms with Crippen LogP contribution >= 0.6 is 11.3 Å². The fraction of sp³-hybridized carbons (Fsp3) is 0.409. The Labute approximate surface area is 180 Å². The molecule has 1 fully saturated rings. The maximum atomic E-state index is 12.6. The Morgan fingerprint density at radius 2 is 2.03 bits per heavy atom. The van der Waals surface area contributed by atoms with E-state index in [2.05, 4.69) is 20.4 Å². The van der Waals surface area contributed by atoms with Crippen LogP contribution in [0.5, 0.6) is 5.75 Å². The van der Waals surface area contributed by atoms with Gasteiger partial charge in [0, 0.05) is 17.8 Å². The summed E-state index contributed by atoms with van der Waals surface area (Å²) in [4.78, 5) is 19.8. The first-order chi connectivity index (χ1) is 14.5. The molecule has 0 unspecified atom stereocenters. The van der Waals surface area contributed by atoms with Crippen molar-refractivity contribution in [1.82, 2.24) is 15.0 Å². The van der Waals surface area contributed by atoms with Crippen molar-refractivity contribution < 1.29 is 14.1 Å². The number of carbonyl (C=O) groups is 1. The van der Waals surface area contributed by atoms with Crippen molar-refractivity contribution in [1.29, 1.82) is 0 Å². The predicted molar refractivity (Wildman–Crippen MR) is 117 cm³/mol. The molecule has 1 N–H and O–H groups in total. The van der Waals surface area contributed by atoms with Crippen LogP contribution in [0.2, 0.25) is 0 Å². The van der Waals surface area contributed by atoms with E-state index < -0.39 is 0 Å². The molecule has 158 valence electrons. The highest BCUT2D eigenvalue weighted by Crippen LogP contribution is 2.37. The number of carbonyl (C=O) groups excluding carboxylic acids is 1. The van der Waals surface area contributed by atoms with Crippen molar-refractivity contribution in [3.05, 3.63) is 45.7 Å². The first-order valence-electron chi connectivity index (χ1n) is 10.2. The number of anilines is 1. The number of nitrogens with one attached hydrogen (secondary N) is 1. The Morgan fingerprint density at radius 3 is 2.70 bits per heavy atom. The van der Waals surface area contributed by atoms with Gasteiger partial charge < -0.3 is 14.6 Å². The van der Waals surface area contributed by atoms with E-state index in [1.807, 2.05) is 39.0 Å². The van der Waals surface area contributed by atoms with Crippen LogP contribution in [0.1, 0.15) is 39.7 Å². The van der Waals surface area contributed by atoms with Gasteiger partial charge >= 0.3 is 0 Å². The Balaban J connectivity index is 1.58. The molecule has 8 heteroatoms. The highest BCUT2D eigenvalue weighted by atomic mass is 32.1. The van der Waals surface area contributed by atoms with Crippen molar-refractivity contribution in [3.63, 3.8) is 0 Å². The molecule has 0 bridgehead atoms. The van der Waals surface area contributed by atoms with Gasteiger partial charge in [-0.3, -0.25) is 9.69 Å². The summed E-state index contributed by atoms with van der Waals surface area (Å²) in [6, 6.07) is 5.69. The van der Waals surface area contributed by atoms with Crippen molar-refractivity contribution in [3.8, 4) is 16.9 Å². The highest BCUT2D eigenvalue weighted by molar-refractivity contribution is 7.12. The average Bonchev–Trinajstić information content (AvgIpc) is 3.45. The largest absolute Gasteiger partial charge is 0.492 e. The summed E-state index contributed by atoms with van der Waals surface area (Å²) in [5, 5.41) is 7.06. The first-order valence-corrected chi connectivity index (χ1v) is 11.0. The third-order valence-electron chi connectivity index (χ3n) is 5.36. The van der Waals surface area contributed by atoms with Gasteiger partial charge in [-0.1, -0.05) is 5.16 Å². The predicted octanol–water partition coefficient (Wildman–Crippen LogP) is 4.45. The molecule has 1 saturated heterocycles. The number of benzene rings is 1. The Hall–Kier alpha value is -2.71. The van der Waals surface area contributed by atoms with Crippen molar-refractivity contribution in [2.24, 2.45) is 0 Å². The zero-order chi connectivity index (χ0) is 21.1. The molecule has 4 rings (SSSR count). The third-order valence-corrected chi connectivity index (χ3v) is 6.28. The number of aryl methyl sites for hydroxylation is 3. The topological polar surface area (TPSA) is 80.5 Å². The number of hydrogen-bond acceptors (Lipinski definition) is 7. The zero-order valence-corrected chi connectivity index (χ0v) is 18.3. The zero-order valence-electron chi connectivity index (χ0n) is 17.5. The van der Waals surface area contributed by atoms with Crippen molar-refractivity contribution in [2.45, 2.75) is 33.6 Å². The van der Waals surface area contributed by atoms with Crippen LogP contribution < -0.4 is 10.1 Å². The van der Waals surface area contributed by atoms with Crippen molar-refractivity contribution in [2.75, 3.05) is 31.6 Å². The number of amides is 1. The minimum atomic E-state index is -0.164. The average molecular weight is 427 g/mol. The van der Waals surface area contributed by atoms with Gasteiger partial charge in [0.1, 0.15) is 23.0 Å². The summed E-state index contributed by atoms with van der Waals surface area (Å²) >= 11 is 1.33. The lowest BCUT2D eigenvalue weighted by Gasteiger charge is -2.17. The number of likely N-dealkylation sites (tertiary alicyclic amines) is 1. The summed E-state index contributed by atoms with van der Waals surface area (Å²) in [5.41, 5.74) is 5.65. The van der Waals surface area contributed by atoms with Crippen LogP contribution in [0.25, 0.3) is 11.1 Å². The third kappa shape index (κ3) is 4.39. The van der Waals surface area contributed by atoms with Gasteiger partial charge in [0.25, 0.3) is 5.91 Å². The van der Waals surface area contributed by atoms with E-state index in [0.717, 1.165) is 53.7 Å². The summed E-state index contributed by atoms with van der Waals surface area (Å²) in [5.74, 6) is 1.32. The van der Waals surface area contributed by atoms with Gasteiger partial charge in [0.2, 0.25) is 0 Å². The summed E-state index contributed by atoms with van der Waals surface area (Å²) < 4.78 is 11.5. The van der Waals surface area contributed by atoms with Crippen LogP contribution in [0.15, 0.2) is 28.2 Å². The van der Waals surface area contributed by atoms with E-state index in [0.29, 0.717) is 17.2 Å². The van der Waals surface area contributed by atoms with Crippen LogP contribution in [-0.4, -0.2) is 47.2 Å². The molecule has 2 aromatic heterocycles. The Morgan fingerprint density at radius 1 is 1.23 bits per heavy atom. The second-order valence-electron chi connectivity index (χ2n) is 7.53. The standard InChI is InChI=1S/C22H26N4O3S/c1-14-20(16(3)29-25-14)18-12-17(24-22(27)21-15(2)23-13-30-21)6-7-19(18)28-11-10-26-8-4-5-9-26/h6-7,12-13H,4-5,8-11H2,1-3H3,(H,24,27). The lowest BCUT2D eigenvalue weighted by Crippen LogP contribution is -2.25. The van der Waals surface area contributed by atoms with Gasteiger partial charge in [-0.05, 0) is 64.9 Å². The van der Waals surface area contributed by atoms with E-state index >= 15 is 0 Å². The second kappa shape index (κ2) is 8.97. The van der Waals surface area contributed by atoms with E-state index in [-0.39, 0.29) is 5.91 Å². The summed E-state index contributed by atoms with van der Waals surface area (Å²) in [6.07, 6.45) is 2.52. The molecule has 3 heterocycles. The quantitative estimate of drug-likeness (QED) is 0.601. The maximum Gasteiger partial charge on any atom is 0.267 e. The molecule has 30 heavy (non-hydrogen) atoms. The fourth-order valence-electron chi connectivity index (χ4n) is 3.80. The Kier molecular flexibility index (Phi) is 6.15. The van der Waals surface area contributed by atoms with Gasteiger partial charge in [-0.25, -0.2) is 4.98 Å². The molecular formula is C22H26N4O3S. The van der Waals surface area contributed by atoms with Gasteiger partial charge in [-0.15, -0.1) is 11.3 Å². The monoisotopic (exact) mass is 426 g/mol. The minimum Gasteiger partial charge on any atom is -0.492 e. The molecule has 1 aromatic carbocycles. The molecule has 1 amide bonds. The summed E-state index contributed by atoms with van der Waals surface area (Å²) in [6.45, 7) is 9.43. The Bertz CT molecular complexity index is 1020. The first kappa shape index (κ1) is 20.6. The van der Waals surface area contributed by atoms with Gasteiger partial charge in [0.05, 0.1) is 22.5 Å².